The summed E-state index contributed by atoms with van der Waals surface area (Å²) in [6.07, 6.45) is 2.26. The van der Waals surface area contributed by atoms with Gasteiger partial charge >= 0.3 is 6.03 Å². The lowest BCUT2D eigenvalue weighted by molar-refractivity contribution is -0.384. The maximum atomic E-state index is 14.0. The molecule has 2 saturated heterocycles. The van der Waals surface area contributed by atoms with Crippen LogP contribution in [0.2, 0.25) is 5.02 Å². The zero-order valence-electron chi connectivity index (χ0n) is 16.9. The van der Waals surface area contributed by atoms with Crippen molar-refractivity contribution >= 4 is 46.5 Å². The summed E-state index contributed by atoms with van der Waals surface area (Å²) in [5, 5.41) is 14.1. The second-order valence-electron chi connectivity index (χ2n) is 8.30. The van der Waals surface area contributed by atoms with E-state index in [1.54, 1.807) is 24.3 Å². The fourth-order valence-corrected chi connectivity index (χ4v) is 5.40. The number of non-ortho nitro benzene ring substituents is 1. The third kappa shape index (κ3) is 2.88. The molecule has 2 aromatic carbocycles. The molecule has 0 radical (unpaired) electrons. The zero-order chi connectivity index (χ0) is 22.6. The average Bonchev–Trinajstić information content (AvgIpc) is 2.77. The highest BCUT2D eigenvalue weighted by molar-refractivity contribution is 6.33. The first kappa shape index (κ1) is 20.4. The first-order valence-corrected chi connectivity index (χ1v) is 10.7. The monoisotopic (exact) mass is 454 g/mol. The smallest absolute Gasteiger partial charge is 0.335 e. The van der Waals surface area contributed by atoms with E-state index in [0.29, 0.717) is 23.6 Å². The number of benzene rings is 2. The molecule has 164 valence electrons. The molecule has 3 heterocycles. The van der Waals surface area contributed by atoms with E-state index in [1.165, 1.54) is 18.2 Å². The van der Waals surface area contributed by atoms with Gasteiger partial charge in [-0.15, -0.1) is 0 Å². The number of amides is 4. The highest BCUT2D eigenvalue weighted by Crippen LogP contribution is 2.48. The Bertz CT molecular complexity index is 1180. The van der Waals surface area contributed by atoms with Gasteiger partial charge in [0.05, 0.1) is 16.7 Å². The number of nitrogens with zero attached hydrogens (tertiary/aromatic N) is 3. The molecule has 32 heavy (non-hydrogen) atoms. The highest BCUT2D eigenvalue weighted by Gasteiger charge is 2.62. The van der Waals surface area contributed by atoms with Crippen LogP contribution in [0, 0.1) is 15.5 Å². The number of imide groups is 2. The zero-order valence-corrected chi connectivity index (χ0v) is 17.7. The van der Waals surface area contributed by atoms with E-state index < -0.39 is 34.2 Å². The predicted octanol–water partition coefficient (Wildman–Crippen LogP) is 3.43. The molecular formula is C22H19ClN4O5. The molecule has 3 aliphatic heterocycles. The lowest BCUT2D eigenvalue weighted by Crippen LogP contribution is -2.72. The highest BCUT2D eigenvalue weighted by atomic mass is 35.5. The maximum Gasteiger partial charge on any atom is 0.335 e. The quantitative estimate of drug-likeness (QED) is 0.422. The van der Waals surface area contributed by atoms with Gasteiger partial charge in [0, 0.05) is 35.8 Å². The first-order valence-electron chi connectivity index (χ1n) is 10.3. The summed E-state index contributed by atoms with van der Waals surface area (Å²) in [7, 11) is 0. The number of urea groups is 1. The number of piperidine rings is 1. The third-order valence-corrected chi connectivity index (χ3v) is 6.84. The SMILES string of the molecule is O=C1NC(=O)[C@]2(Cc3cc([N+](=O)[O-])ccc3N3CCCC[C@@H]32)C(=O)N1c1cccc(Cl)c1. The molecule has 2 fully saturated rings. The number of hydrogen-bond acceptors (Lipinski definition) is 6. The topological polar surface area (TPSA) is 113 Å². The van der Waals surface area contributed by atoms with Crippen LogP contribution in [0.25, 0.3) is 0 Å². The van der Waals surface area contributed by atoms with Crippen LogP contribution in [-0.2, 0) is 16.0 Å². The van der Waals surface area contributed by atoms with Crippen LogP contribution >= 0.6 is 11.6 Å². The molecule has 2 aromatic rings. The number of carbonyl (C=O) groups is 3. The van der Waals surface area contributed by atoms with E-state index in [0.717, 1.165) is 23.4 Å². The van der Waals surface area contributed by atoms with Gasteiger partial charge in [-0.05, 0) is 49.1 Å². The standard InChI is InChI=1S/C22H19ClN4O5/c23-14-4-3-5-15(11-14)26-20(29)22(19(28)24-21(26)30)12-13-10-16(27(31)32)7-8-17(13)25-9-2-1-6-18(22)25/h3-5,7-8,10-11,18H,1-2,6,9,12H2,(H,24,28,30)/t18-,22-/m1/s1. The minimum absolute atomic E-state index is 0.0276. The van der Waals surface area contributed by atoms with Crippen molar-refractivity contribution in [1.82, 2.24) is 5.32 Å². The van der Waals surface area contributed by atoms with Crippen molar-refractivity contribution in [2.24, 2.45) is 5.41 Å². The van der Waals surface area contributed by atoms with Crippen LogP contribution in [0.1, 0.15) is 24.8 Å². The van der Waals surface area contributed by atoms with E-state index in [-0.39, 0.29) is 17.8 Å². The number of carbonyl (C=O) groups excluding carboxylic acids is 3. The lowest BCUT2D eigenvalue weighted by atomic mass is 9.66. The van der Waals surface area contributed by atoms with E-state index >= 15 is 0 Å². The van der Waals surface area contributed by atoms with Crippen LogP contribution in [-0.4, -0.2) is 35.4 Å². The van der Waals surface area contributed by atoms with Crippen molar-refractivity contribution in [2.45, 2.75) is 31.7 Å². The van der Waals surface area contributed by atoms with Gasteiger partial charge < -0.3 is 4.90 Å². The van der Waals surface area contributed by atoms with Crippen molar-refractivity contribution in [3.05, 3.63) is 63.2 Å². The molecule has 0 saturated carbocycles. The number of nitro groups is 1. The minimum atomic E-state index is -1.58. The van der Waals surface area contributed by atoms with E-state index in [1.807, 2.05) is 4.90 Å². The van der Waals surface area contributed by atoms with Gasteiger partial charge in [-0.3, -0.25) is 25.0 Å². The lowest BCUT2D eigenvalue weighted by Gasteiger charge is -2.53. The molecule has 1 spiro atoms. The summed E-state index contributed by atoms with van der Waals surface area (Å²) < 4.78 is 0. The van der Waals surface area contributed by atoms with Crippen molar-refractivity contribution in [3.8, 4) is 0 Å². The summed E-state index contributed by atoms with van der Waals surface area (Å²) >= 11 is 6.08. The molecule has 0 bridgehead atoms. The Balaban J connectivity index is 1.68. The number of anilines is 2. The van der Waals surface area contributed by atoms with Crippen molar-refractivity contribution < 1.29 is 19.3 Å². The largest absolute Gasteiger partial charge is 0.367 e. The molecule has 4 amide bonds. The molecular weight excluding hydrogens is 436 g/mol. The number of halogens is 1. The van der Waals surface area contributed by atoms with Gasteiger partial charge in [0.25, 0.3) is 11.6 Å². The number of barbiturate groups is 1. The normalized spacial score (nSPS) is 24.8. The molecule has 0 unspecified atom stereocenters. The summed E-state index contributed by atoms with van der Waals surface area (Å²) in [5.41, 5.74) is -0.0994. The van der Waals surface area contributed by atoms with Gasteiger partial charge in [-0.1, -0.05) is 17.7 Å². The second-order valence-corrected chi connectivity index (χ2v) is 8.74. The van der Waals surface area contributed by atoms with Crippen LogP contribution in [0.4, 0.5) is 21.9 Å². The number of rotatable bonds is 2. The number of nitrogens with one attached hydrogen (secondary N) is 1. The van der Waals surface area contributed by atoms with Crippen LogP contribution in [0.5, 0.6) is 0 Å². The van der Waals surface area contributed by atoms with E-state index in [9.17, 15) is 24.5 Å². The van der Waals surface area contributed by atoms with Gasteiger partial charge in [0.15, 0.2) is 5.41 Å². The van der Waals surface area contributed by atoms with E-state index in [2.05, 4.69) is 5.32 Å². The summed E-state index contributed by atoms with van der Waals surface area (Å²) in [6, 6.07) is 9.55. The summed E-state index contributed by atoms with van der Waals surface area (Å²) in [5.74, 6) is -1.30. The Kier molecular flexibility index (Phi) is 4.67. The maximum absolute atomic E-state index is 14.0. The third-order valence-electron chi connectivity index (χ3n) is 6.60. The molecule has 10 heteroatoms. The van der Waals surface area contributed by atoms with Crippen LogP contribution in [0.3, 0.4) is 0 Å². The Morgan fingerprint density at radius 1 is 1.12 bits per heavy atom. The molecule has 3 aliphatic rings. The fraction of sp³-hybridized carbons (Fsp3) is 0.318. The number of fused-ring (bicyclic) bond motifs is 4. The molecule has 9 nitrogen and oxygen atoms in total. The predicted molar refractivity (Wildman–Crippen MR) is 117 cm³/mol. The van der Waals surface area contributed by atoms with Gasteiger partial charge in [0.1, 0.15) is 0 Å². The van der Waals surface area contributed by atoms with Crippen molar-refractivity contribution in [1.29, 1.82) is 0 Å². The van der Waals surface area contributed by atoms with Gasteiger partial charge in [-0.25, -0.2) is 9.69 Å². The van der Waals surface area contributed by atoms with Gasteiger partial charge in [0.2, 0.25) is 5.91 Å². The molecule has 2 atom stereocenters. The Morgan fingerprint density at radius 2 is 1.94 bits per heavy atom. The minimum Gasteiger partial charge on any atom is -0.367 e. The molecule has 1 N–H and O–H groups in total. The van der Waals surface area contributed by atoms with Crippen LogP contribution in [0.15, 0.2) is 42.5 Å². The molecule has 0 aromatic heterocycles. The first-order chi connectivity index (χ1) is 15.3. The summed E-state index contributed by atoms with van der Waals surface area (Å²) in [6.45, 7) is 0.614. The Hall–Kier alpha value is -3.46. The second kappa shape index (κ2) is 7.30. The molecule has 0 aliphatic carbocycles. The number of nitro benzene ring substituents is 1. The average molecular weight is 455 g/mol. The fourth-order valence-electron chi connectivity index (χ4n) is 5.21. The van der Waals surface area contributed by atoms with Crippen molar-refractivity contribution in [3.63, 3.8) is 0 Å². The number of hydrogen-bond donors (Lipinski definition) is 1. The Labute approximate surface area is 188 Å². The Morgan fingerprint density at radius 3 is 2.69 bits per heavy atom. The molecule has 5 rings (SSSR count). The summed E-state index contributed by atoms with van der Waals surface area (Å²) in [4.78, 5) is 53.9. The van der Waals surface area contributed by atoms with E-state index in [4.69, 9.17) is 11.6 Å². The van der Waals surface area contributed by atoms with Crippen molar-refractivity contribution in [2.75, 3.05) is 16.3 Å². The van der Waals surface area contributed by atoms with Gasteiger partial charge in [-0.2, -0.15) is 0 Å². The van der Waals surface area contributed by atoms with Crippen LogP contribution < -0.4 is 15.1 Å².